The fourth-order valence-corrected chi connectivity index (χ4v) is 2.87. The number of nitrogens with two attached hydrogens (primary N) is 1. The van der Waals surface area contributed by atoms with Gasteiger partial charge in [-0.05, 0) is 12.1 Å². The van der Waals surface area contributed by atoms with Gasteiger partial charge in [0.2, 0.25) is 5.90 Å². The zero-order valence-electron chi connectivity index (χ0n) is 11.2. The minimum absolute atomic E-state index is 0.0924. The molecule has 104 valence electrons. The van der Waals surface area contributed by atoms with Crippen LogP contribution in [0.4, 0.5) is 5.82 Å². The standard InChI is InChI=1S/C14H16N4OS/c1-18-13(15)12(8-17-18)14-16-7-10(19-14)9-20-11-5-3-2-4-6-11/h2-6,8,10H,7,9,15H2,1H3. The maximum absolute atomic E-state index is 5.93. The molecule has 1 atom stereocenters. The highest BCUT2D eigenvalue weighted by Gasteiger charge is 2.24. The molecule has 0 bridgehead atoms. The van der Waals surface area contributed by atoms with Gasteiger partial charge >= 0.3 is 0 Å². The number of thioether (sulfide) groups is 1. The second kappa shape index (κ2) is 5.58. The Labute approximate surface area is 121 Å². The molecule has 1 unspecified atom stereocenters. The van der Waals surface area contributed by atoms with E-state index in [0.29, 0.717) is 18.3 Å². The number of ether oxygens (including phenoxy) is 1. The second-order valence-electron chi connectivity index (χ2n) is 4.58. The van der Waals surface area contributed by atoms with Crippen LogP contribution in [-0.4, -0.2) is 34.1 Å². The topological polar surface area (TPSA) is 65.4 Å². The molecule has 0 amide bonds. The Hall–Kier alpha value is -1.95. The lowest BCUT2D eigenvalue weighted by molar-refractivity contribution is 0.251. The molecule has 1 aliphatic rings. The van der Waals surface area contributed by atoms with E-state index in [1.165, 1.54) is 4.90 Å². The lowest BCUT2D eigenvalue weighted by atomic mass is 10.3. The molecule has 0 aliphatic carbocycles. The van der Waals surface area contributed by atoms with Crippen LogP contribution in [0.15, 0.2) is 46.4 Å². The summed E-state index contributed by atoms with van der Waals surface area (Å²) in [7, 11) is 1.80. The van der Waals surface area contributed by atoms with Crippen LogP contribution in [-0.2, 0) is 11.8 Å². The molecule has 2 aromatic rings. The van der Waals surface area contributed by atoms with Crippen LogP contribution in [0, 0.1) is 0 Å². The van der Waals surface area contributed by atoms with E-state index >= 15 is 0 Å². The van der Waals surface area contributed by atoms with Crippen molar-refractivity contribution in [2.45, 2.75) is 11.0 Å². The number of anilines is 1. The van der Waals surface area contributed by atoms with E-state index in [-0.39, 0.29) is 6.10 Å². The van der Waals surface area contributed by atoms with E-state index < -0.39 is 0 Å². The van der Waals surface area contributed by atoms with Crippen molar-refractivity contribution in [3.63, 3.8) is 0 Å². The molecule has 6 heteroatoms. The van der Waals surface area contributed by atoms with Crippen LogP contribution < -0.4 is 5.73 Å². The molecule has 3 rings (SSSR count). The van der Waals surface area contributed by atoms with Gasteiger partial charge < -0.3 is 10.5 Å². The van der Waals surface area contributed by atoms with Gasteiger partial charge in [0.15, 0.2) is 0 Å². The molecule has 1 aromatic carbocycles. The third-order valence-corrected chi connectivity index (χ3v) is 4.25. The van der Waals surface area contributed by atoms with Crippen LogP contribution in [0.2, 0.25) is 0 Å². The second-order valence-corrected chi connectivity index (χ2v) is 5.67. The maximum atomic E-state index is 5.93. The van der Waals surface area contributed by atoms with Crippen molar-refractivity contribution in [2.24, 2.45) is 12.0 Å². The van der Waals surface area contributed by atoms with Gasteiger partial charge in [-0.1, -0.05) is 18.2 Å². The summed E-state index contributed by atoms with van der Waals surface area (Å²) in [5, 5.41) is 4.10. The quantitative estimate of drug-likeness (QED) is 0.873. The molecule has 2 heterocycles. The lowest BCUT2D eigenvalue weighted by Crippen LogP contribution is -2.16. The zero-order chi connectivity index (χ0) is 13.9. The summed E-state index contributed by atoms with van der Waals surface area (Å²) in [6.45, 7) is 0.670. The van der Waals surface area contributed by atoms with Crippen molar-refractivity contribution in [2.75, 3.05) is 18.0 Å². The van der Waals surface area contributed by atoms with E-state index in [0.717, 1.165) is 11.3 Å². The van der Waals surface area contributed by atoms with Gasteiger partial charge in [0, 0.05) is 17.7 Å². The first-order chi connectivity index (χ1) is 9.74. The Bertz CT molecular complexity index is 623. The van der Waals surface area contributed by atoms with Crippen molar-refractivity contribution in [1.82, 2.24) is 9.78 Å². The molecule has 0 saturated heterocycles. The summed E-state index contributed by atoms with van der Waals surface area (Å²) in [4.78, 5) is 5.66. The fraction of sp³-hybridized carbons (Fsp3) is 0.286. The summed E-state index contributed by atoms with van der Waals surface area (Å²) in [5.41, 5.74) is 6.70. The van der Waals surface area contributed by atoms with E-state index in [1.54, 1.807) is 29.7 Å². The molecule has 0 spiro atoms. The van der Waals surface area contributed by atoms with Gasteiger partial charge in [-0.2, -0.15) is 5.10 Å². The first-order valence-electron chi connectivity index (χ1n) is 6.41. The highest BCUT2D eigenvalue weighted by Crippen LogP contribution is 2.23. The molecular formula is C14H16N4OS. The Morgan fingerprint density at radius 1 is 1.40 bits per heavy atom. The Morgan fingerprint density at radius 3 is 2.90 bits per heavy atom. The third-order valence-electron chi connectivity index (χ3n) is 3.11. The average molecular weight is 288 g/mol. The van der Waals surface area contributed by atoms with Gasteiger partial charge in [0.05, 0.1) is 18.3 Å². The van der Waals surface area contributed by atoms with Crippen LogP contribution in [0.1, 0.15) is 5.56 Å². The predicted octanol–water partition coefficient (Wildman–Crippen LogP) is 1.94. The van der Waals surface area contributed by atoms with Gasteiger partial charge in [-0.3, -0.25) is 4.68 Å². The number of nitrogens with zero attached hydrogens (tertiary/aromatic N) is 3. The molecular weight excluding hydrogens is 272 g/mol. The summed E-state index contributed by atoms with van der Waals surface area (Å²) in [6.07, 6.45) is 1.79. The summed E-state index contributed by atoms with van der Waals surface area (Å²) < 4.78 is 7.48. The number of nitrogen functional groups attached to an aromatic ring is 1. The Balaban J connectivity index is 1.58. The average Bonchev–Trinajstić information content (AvgIpc) is 3.06. The molecule has 1 aromatic heterocycles. The van der Waals surface area contributed by atoms with Gasteiger partial charge in [0.1, 0.15) is 11.9 Å². The van der Waals surface area contributed by atoms with Crippen molar-refractivity contribution < 1.29 is 4.74 Å². The fourth-order valence-electron chi connectivity index (χ4n) is 1.97. The number of aryl methyl sites for hydroxylation is 1. The van der Waals surface area contributed by atoms with Gasteiger partial charge in [-0.15, -0.1) is 11.8 Å². The summed E-state index contributed by atoms with van der Waals surface area (Å²) in [5.74, 6) is 2.06. The number of hydrogen-bond donors (Lipinski definition) is 1. The number of aromatic nitrogens is 2. The lowest BCUT2D eigenvalue weighted by Gasteiger charge is -2.10. The van der Waals surface area contributed by atoms with Crippen molar-refractivity contribution in [1.29, 1.82) is 0 Å². The van der Waals surface area contributed by atoms with E-state index in [2.05, 4.69) is 22.2 Å². The van der Waals surface area contributed by atoms with Gasteiger partial charge in [-0.25, -0.2) is 4.99 Å². The van der Waals surface area contributed by atoms with E-state index in [4.69, 9.17) is 10.5 Å². The minimum atomic E-state index is 0.0924. The highest BCUT2D eigenvalue weighted by molar-refractivity contribution is 7.99. The molecule has 2 N–H and O–H groups in total. The summed E-state index contributed by atoms with van der Waals surface area (Å²) >= 11 is 1.77. The number of hydrogen-bond acceptors (Lipinski definition) is 5. The van der Waals surface area contributed by atoms with Gasteiger partial charge in [0.25, 0.3) is 0 Å². The van der Waals surface area contributed by atoms with Crippen LogP contribution in [0.25, 0.3) is 0 Å². The number of benzene rings is 1. The molecule has 0 saturated carbocycles. The first kappa shape index (κ1) is 13.1. The first-order valence-corrected chi connectivity index (χ1v) is 7.39. The van der Waals surface area contributed by atoms with E-state index in [1.807, 2.05) is 18.2 Å². The molecule has 0 radical (unpaired) electrons. The molecule has 0 fully saturated rings. The Morgan fingerprint density at radius 2 is 2.20 bits per heavy atom. The maximum Gasteiger partial charge on any atom is 0.222 e. The van der Waals surface area contributed by atoms with E-state index in [9.17, 15) is 0 Å². The predicted molar refractivity (Wildman–Crippen MR) is 81.1 cm³/mol. The normalized spacial score (nSPS) is 17.9. The Kier molecular flexibility index (Phi) is 3.64. The third kappa shape index (κ3) is 2.65. The molecule has 20 heavy (non-hydrogen) atoms. The largest absolute Gasteiger partial charge is 0.471 e. The van der Waals surface area contributed by atoms with Crippen LogP contribution >= 0.6 is 11.8 Å². The van der Waals surface area contributed by atoms with Crippen LogP contribution in [0.3, 0.4) is 0 Å². The monoisotopic (exact) mass is 288 g/mol. The SMILES string of the molecule is Cn1ncc(C2=NCC(CSc3ccccc3)O2)c1N. The molecule has 1 aliphatic heterocycles. The van der Waals surface area contributed by atoms with Crippen molar-refractivity contribution in [3.05, 3.63) is 42.1 Å². The van der Waals surface area contributed by atoms with Crippen LogP contribution in [0.5, 0.6) is 0 Å². The smallest absolute Gasteiger partial charge is 0.222 e. The zero-order valence-corrected chi connectivity index (χ0v) is 12.0. The highest BCUT2D eigenvalue weighted by atomic mass is 32.2. The van der Waals surface area contributed by atoms with Crippen molar-refractivity contribution >= 4 is 23.5 Å². The minimum Gasteiger partial charge on any atom is -0.471 e. The molecule has 5 nitrogen and oxygen atoms in total. The number of rotatable bonds is 4. The van der Waals surface area contributed by atoms with Crippen molar-refractivity contribution in [3.8, 4) is 0 Å². The summed E-state index contributed by atoms with van der Waals surface area (Å²) in [6, 6.07) is 10.3. The number of aliphatic imine (C=N–C) groups is 1.